The van der Waals surface area contributed by atoms with Gasteiger partial charge in [-0.1, -0.05) is 26.5 Å². The lowest BCUT2D eigenvalue weighted by Gasteiger charge is -2.46. The van der Waals surface area contributed by atoms with Gasteiger partial charge in [0.2, 0.25) is 0 Å². The second-order valence-electron chi connectivity index (χ2n) is 6.49. The molecule has 0 saturated carbocycles. The summed E-state index contributed by atoms with van der Waals surface area (Å²) < 4.78 is 0. The molecule has 0 spiro atoms. The predicted molar refractivity (Wildman–Crippen MR) is 86.1 cm³/mol. The first kappa shape index (κ1) is 13.1. The standard InChI is InChI=1S/C17H23N3/c1-12-16-19(6)9-10-20(16)15-11-13(18(4)5)7-8-14(15)17(12,2)3/h7-11,16H,1H2,2-6H3. The van der Waals surface area contributed by atoms with E-state index in [4.69, 9.17) is 0 Å². The zero-order valence-corrected chi connectivity index (χ0v) is 13.0. The lowest BCUT2D eigenvalue weighted by molar-refractivity contribution is 0.354. The fourth-order valence-corrected chi connectivity index (χ4v) is 3.20. The Morgan fingerprint density at radius 3 is 2.55 bits per heavy atom. The molecule has 1 aromatic carbocycles. The summed E-state index contributed by atoms with van der Waals surface area (Å²) in [5, 5.41) is 0. The fourth-order valence-electron chi connectivity index (χ4n) is 3.20. The summed E-state index contributed by atoms with van der Waals surface area (Å²) in [5.74, 6) is 0. The number of benzene rings is 1. The maximum Gasteiger partial charge on any atom is 0.128 e. The number of fused-ring (bicyclic) bond motifs is 3. The SMILES string of the molecule is C=C1C2N(C)C=CN2c2cc(N(C)C)ccc2C1(C)C. The van der Waals surface area contributed by atoms with Gasteiger partial charge in [-0.15, -0.1) is 0 Å². The smallest absolute Gasteiger partial charge is 0.128 e. The van der Waals surface area contributed by atoms with E-state index >= 15 is 0 Å². The lowest BCUT2D eigenvalue weighted by Crippen LogP contribution is -2.48. The number of rotatable bonds is 1. The monoisotopic (exact) mass is 269 g/mol. The molecular weight excluding hydrogens is 246 g/mol. The van der Waals surface area contributed by atoms with Gasteiger partial charge in [0.25, 0.3) is 0 Å². The molecule has 0 radical (unpaired) electrons. The summed E-state index contributed by atoms with van der Waals surface area (Å²) in [7, 11) is 6.28. The number of anilines is 2. The van der Waals surface area contributed by atoms with Crippen LogP contribution in [-0.4, -0.2) is 32.2 Å². The van der Waals surface area contributed by atoms with Crippen LogP contribution in [0.1, 0.15) is 19.4 Å². The second kappa shape index (κ2) is 4.05. The van der Waals surface area contributed by atoms with Gasteiger partial charge in [0.15, 0.2) is 0 Å². The molecule has 20 heavy (non-hydrogen) atoms. The van der Waals surface area contributed by atoms with Crippen molar-refractivity contribution in [2.24, 2.45) is 0 Å². The van der Waals surface area contributed by atoms with Gasteiger partial charge in [-0.2, -0.15) is 0 Å². The molecule has 0 fully saturated rings. The maximum absolute atomic E-state index is 4.38. The zero-order chi connectivity index (χ0) is 14.7. The number of hydrogen-bond donors (Lipinski definition) is 0. The molecule has 1 atom stereocenters. The van der Waals surface area contributed by atoms with Crippen LogP contribution in [-0.2, 0) is 5.41 Å². The molecule has 0 amide bonds. The molecule has 2 aliphatic heterocycles. The van der Waals surface area contributed by atoms with E-state index in [0.717, 1.165) is 0 Å². The normalized spacial score (nSPS) is 22.9. The second-order valence-corrected chi connectivity index (χ2v) is 6.49. The Morgan fingerprint density at radius 1 is 1.20 bits per heavy atom. The first-order valence-electron chi connectivity index (χ1n) is 7.04. The van der Waals surface area contributed by atoms with Crippen LogP contribution in [0.3, 0.4) is 0 Å². The molecular formula is C17H23N3. The molecule has 106 valence electrons. The van der Waals surface area contributed by atoms with Gasteiger partial charge in [0, 0.05) is 50.3 Å². The average Bonchev–Trinajstić information content (AvgIpc) is 2.78. The van der Waals surface area contributed by atoms with Gasteiger partial charge in [-0.05, 0) is 23.3 Å². The molecule has 3 rings (SSSR count). The number of nitrogens with zero attached hydrogens (tertiary/aromatic N) is 3. The van der Waals surface area contributed by atoms with Crippen molar-refractivity contribution in [2.45, 2.75) is 25.4 Å². The minimum Gasteiger partial charge on any atom is -0.378 e. The summed E-state index contributed by atoms with van der Waals surface area (Å²) in [6, 6.07) is 6.72. The summed E-state index contributed by atoms with van der Waals surface area (Å²) in [4.78, 5) is 6.71. The zero-order valence-electron chi connectivity index (χ0n) is 13.0. The molecule has 0 saturated heterocycles. The Balaban J connectivity index is 2.21. The van der Waals surface area contributed by atoms with E-state index in [1.54, 1.807) is 0 Å². The summed E-state index contributed by atoms with van der Waals surface area (Å²) in [5.41, 5.74) is 5.11. The summed E-state index contributed by atoms with van der Waals surface area (Å²) in [6.07, 6.45) is 4.52. The van der Waals surface area contributed by atoms with Crippen molar-refractivity contribution in [3.63, 3.8) is 0 Å². The van der Waals surface area contributed by atoms with Gasteiger partial charge >= 0.3 is 0 Å². The van der Waals surface area contributed by atoms with E-state index < -0.39 is 0 Å². The van der Waals surface area contributed by atoms with Gasteiger partial charge in [-0.25, -0.2) is 0 Å². The molecule has 1 aromatic rings. The highest BCUT2D eigenvalue weighted by Crippen LogP contribution is 2.48. The molecule has 1 unspecified atom stereocenters. The van der Waals surface area contributed by atoms with Gasteiger partial charge in [-0.3, -0.25) is 0 Å². The highest BCUT2D eigenvalue weighted by atomic mass is 15.4. The van der Waals surface area contributed by atoms with Crippen LogP contribution >= 0.6 is 0 Å². The van der Waals surface area contributed by atoms with Crippen LogP contribution in [0.4, 0.5) is 11.4 Å². The van der Waals surface area contributed by atoms with Gasteiger partial charge < -0.3 is 14.7 Å². The molecule has 2 heterocycles. The van der Waals surface area contributed by atoms with Crippen molar-refractivity contribution in [1.29, 1.82) is 0 Å². The minimum absolute atomic E-state index is 0.0123. The van der Waals surface area contributed by atoms with E-state index in [0.29, 0.717) is 0 Å². The lowest BCUT2D eigenvalue weighted by atomic mass is 9.73. The topological polar surface area (TPSA) is 9.72 Å². The Labute approximate surface area is 121 Å². The number of hydrogen-bond acceptors (Lipinski definition) is 3. The third-order valence-corrected chi connectivity index (χ3v) is 4.68. The van der Waals surface area contributed by atoms with E-state index in [-0.39, 0.29) is 11.6 Å². The Kier molecular flexibility index (Phi) is 2.65. The van der Waals surface area contributed by atoms with E-state index in [2.05, 4.69) is 86.9 Å². The first-order valence-corrected chi connectivity index (χ1v) is 7.04. The van der Waals surface area contributed by atoms with Gasteiger partial charge in [0.1, 0.15) is 6.17 Å². The van der Waals surface area contributed by atoms with Crippen molar-refractivity contribution in [3.05, 3.63) is 48.3 Å². The van der Waals surface area contributed by atoms with Crippen LogP contribution in [0.15, 0.2) is 42.8 Å². The quantitative estimate of drug-likeness (QED) is 0.725. The highest BCUT2D eigenvalue weighted by molar-refractivity contribution is 5.72. The van der Waals surface area contributed by atoms with E-state index in [1.807, 2.05) is 0 Å². The molecule has 3 nitrogen and oxygen atoms in total. The highest BCUT2D eigenvalue weighted by Gasteiger charge is 2.43. The largest absolute Gasteiger partial charge is 0.378 e. The van der Waals surface area contributed by atoms with Crippen molar-refractivity contribution in [1.82, 2.24) is 4.90 Å². The Morgan fingerprint density at radius 2 is 1.90 bits per heavy atom. The average molecular weight is 269 g/mol. The first-order chi connectivity index (χ1) is 9.34. The molecule has 0 bridgehead atoms. The van der Waals surface area contributed by atoms with E-state index in [1.165, 1.54) is 22.5 Å². The van der Waals surface area contributed by atoms with Crippen molar-refractivity contribution >= 4 is 11.4 Å². The third-order valence-electron chi connectivity index (χ3n) is 4.68. The molecule has 3 heteroatoms. The van der Waals surface area contributed by atoms with Crippen LogP contribution in [0.5, 0.6) is 0 Å². The molecule has 0 aromatic heterocycles. The fraction of sp³-hybridized carbons (Fsp3) is 0.412. The van der Waals surface area contributed by atoms with E-state index in [9.17, 15) is 0 Å². The summed E-state index contributed by atoms with van der Waals surface area (Å²) in [6.45, 7) is 8.92. The Bertz CT molecular complexity index is 598. The van der Waals surface area contributed by atoms with Crippen LogP contribution in [0.25, 0.3) is 0 Å². The van der Waals surface area contributed by atoms with Crippen molar-refractivity contribution < 1.29 is 0 Å². The van der Waals surface area contributed by atoms with Gasteiger partial charge in [0.05, 0.1) is 0 Å². The maximum atomic E-state index is 4.38. The Hall–Kier alpha value is -1.90. The minimum atomic E-state index is -0.0123. The predicted octanol–water partition coefficient (Wildman–Crippen LogP) is 3.15. The van der Waals surface area contributed by atoms with Crippen LogP contribution in [0.2, 0.25) is 0 Å². The molecule has 0 N–H and O–H groups in total. The summed E-state index contributed by atoms with van der Waals surface area (Å²) >= 11 is 0. The molecule has 0 aliphatic carbocycles. The third kappa shape index (κ3) is 1.59. The molecule has 2 aliphatic rings. The van der Waals surface area contributed by atoms with Crippen LogP contribution in [0, 0.1) is 0 Å². The van der Waals surface area contributed by atoms with Crippen molar-refractivity contribution in [2.75, 3.05) is 30.9 Å². The van der Waals surface area contributed by atoms with Crippen LogP contribution < -0.4 is 9.80 Å². The number of likely N-dealkylation sites (N-methyl/N-ethyl adjacent to an activating group) is 1. The van der Waals surface area contributed by atoms with Crippen molar-refractivity contribution in [3.8, 4) is 0 Å².